The highest BCUT2D eigenvalue weighted by molar-refractivity contribution is 6.09. The Hall–Kier alpha value is -3.17. The molecule has 0 aromatic carbocycles. The summed E-state index contributed by atoms with van der Waals surface area (Å²) in [5, 5.41) is 6.96. The third kappa shape index (κ3) is 3.25. The molecule has 1 fully saturated rings. The Kier molecular flexibility index (Phi) is 4.40. The molecule has 0 unspecified atom stereocenters. The second kappa shape index (κ2) is 6.77. The number of pyridine rings is 1. The van der Waals surface area contributed by atoms with Gasteiger partial charge in [-0.3, -0.25) is 9.78 Å². The Labute approximate surface area is 158 Å². The Morgan fingerprint density at radius 1 is 1.32 bits per heavy atom. The molecule has 28 heavy (non-hydrogen) atoms. The SMILES string of the molecule is Cc1nn2ccc(N3CCC[C@H]3C(F)(F)F)nc2c1C(=O)Nc1cccnc1. The minimum atomic E-state index is -4.33. The van der Waals surface area contributed by atoms with Gasteiger partial charge in [-0.25, -0.2) is 9.50 Å². The highest BCUT2D eigenvalue weighted by Gasteiger charge is 2.46. The van der Waals surface area contributed by atoms with E-state index in [4.69, 9.17) is 0 Å². The van der Waals surface area contributed by atoms with Gasteiger partial charge in [-0.05, 0) is 38.0 Å². The van der Waals surface area contributed by atoms with Gasteiger partial charge in [0.05, 0.1) is 17.6 Å². The molecule has 4 heterocycles. The normalized spacial score (nSPS) is 17.3. The first kappa shape index (κ1) is 18.2. The molecule has 7 nitrogen and oxygen atoms in total. The van der Waals surface area contributed by atoms with Crippen LogP contribution < -0.4 is 10.2 Å². The average molecular weight is 390 g/mol. The van der Waals surface area contributed by atoms with Gasteiger partial charge in [0.25, 0.3) is 5.91 Å². The molecule has 1 aliphatic heterocycles. The van der Waals surface area contributed by atoms with Crippen LogP contribution in [-0.2, 0) is 0 Å². The number of carbonyl (C=O) groups excluding carboxylic acids is 1. The van der Waals surface area contributed by atoms with Crippen LogP contribution >= 0.6 is 0 Å². The largest absolute Gasteiger partial charge is 0.408 e. The lowest BCUT2D eigenvalue weighted by molar-refractivity contribution is -0.146. The van der Waals surface area contributed by atoms with Gasteiger partial charge >= 0.3 is 6.18 Å². The van der Waals surface area contributed by atoms with Crippen molar-refractivity contribution in [3.8, 4) is 0 Å². The molecule has 0 spiro atoms. The summed E-state index contributed by atoms with van der Waals surface area (Å²) in [6.45, 7) is 1.92. The maximum absolute atomic E-state index is 13.3. The molecule has 0 radical (unpaired) electrons. The second-order valence-corrected chi connectivity index (χ2v) is 6.60. The summed E-state index contributed by atoms with van der Waals surface area (Å²) in [6.07, 6.45) is 0.734. The lowest BCUT2D eigenvalue weighted by Crippen LogP contribution is -2.41. The second-order valence-electron chi connectivity index (χ2n) is 6.60. The maximum atomic E-state index is 13.3. The standard InChI is InChI=1S/C18H17F3N6O/c1-11-15(17(28)23-12-4-2-7-22-10-12)16-24-14(6-9-27(16)25-11)26-8-3-5-13(26)18(19,20)21/h2,4,6-7,9-10,13H,3,5,8H2,1H3,(H,23,28)/t13-/m0/s1. The quantitative estimate of drug-likeness (QED) is 0.743. The number of fused-ring (bicyclic) bond motifs is 1. The summed E-state index contributed by atoms with van der Waals surface area (Å²) >= 11 is 0. The maximum Gasteiger partial charge on any atom is 0.408 e. The number of carbonyl (C=O) groups is 1. The summed E-state index contributed by atoms with van der Waals surface area (Å²) in [5.41, 5.74) is 1.36. The third-order valence-corrected chi connectivity index (χ3v) is 4.72. The number of amides is 1. The first-order chi connectivity index (χ1) is 13.3. The fourth-order valence-corrected chi connectivity index (χ4v) is 3.47. The van der Waals surface area contributed by atoms with E-state index in [1.54, 1.807) is 25.3 Å². The lowest BCUT2D eigenvalue weighted by atomic mass is 10.2. The van der Waals surface area contributed by atoms with E-state index in [1.165, 1.54) is 27.9 Å². The van der Waals surface area contributed by atoms with Crippen LogP contribution in [0.2, 0.25) is 0 Å². The minimum Gasteiger partial charge on any atom is -0.344 e. The van der Waals surface area contributed by atoms with Gasteiger partial charge < -0.3 is 10.2 Å². The number of aromatic nitrogens is 4. The van der Waals surface area contributed by atoms with Crippen LogP contribution in [0.5, 0.6) is 0 Å². The van der Waals surface area contributed by atoms with Crippen LogP contribution in [0.15, 0.2) is 36.8 Å². The molecule has 1 N–H and O–H groups in total. The van der Waals surface area contributed by atoms with E-state index in [9.17, 15) is 18.0 Å². The Morgan fingerprint density at radius 2 is 2.14 bits per heavy atom. The van der Waals surface area contributed by atoms with Crippen molar-refractivity contribution in [2.45, 2.75) is 32.0 Å². The van der Waals surface area contributed by atoms with Crippen molar-refractivity contribution in [2.75, 3.05) is 16.8 Å². The Morgan fingerprint density at radius 3 is 2.86 bits per heavy atom. The van der Waals surface area contributed by atoms with E-state index in [2.05, 4.69) is 20.4 Å². The first-order valence-corrected chi connectivity index (χ1v) is 8.75. The van der Waals surface area contributed by atoms with Crippen LogP contribution in [0.3, 0.4) is 0 Å². The molecule has 1 saturated heterocycles. The monoisotopic (exact) mass is 390 g/mol. The molecule has 4 rings (SSSR count). The van der Waals surface area contributed by atoms with Crippen molar-refractivity contribution in [2.24, 2.45) is 0 Å². The molecule has 146 valence electrons. The summed E-state index contributed by atoms with van der Waals surface area (Å²) < 4.78 is 41.3. The van der Waals surface area contributed by atoms with Crippen molar-refractivity contribution in [3.05, 3.63) is 48.0 Å². The van der Waals surface area contributed by atoms with Crippen LogP contribution in [0.25, 0.3) is 5.65 Å². The number of halogens is 3. The number of rotatable bonds is 3. The lowest BCUT2D eigenvalue weighted by Gasteiger charge is -2.27. The van der Waals surface area contributed by atoms with Gasteiger partial charge in [0.2, 0.25) is 0 Å². The van der Waals surface area contributed by atoms with E-state index in [0.717, 1.165) is 0 Å². The van der Waals surface area contributed by atoms with Crippen molar-refractivity contribution in [3.63, 3.8) is 0 Å². The van der Waals surface area contributed by atoms with Crippen LogP contribution in [0.1, 0.15) is 28.9 Å². The number of hydrogen-bond acceptors (Lipinski definition) is 5. The van der Waals surface area contributed by atoms with E-state index in [1.807, 2.05) is 0 Å². The van der Waals surface area contributed by atoms with E-state index >= 15 is 0 Å². The van der Waals surface area contributed by atoms with E-state index in [-0.39, 0.29) is 30.0 Å². The summed E-state index contributed by atoms with van der Waals surface area (Å²) in [6, 6.07) is 3.29. The van der Waals surface area contributed by atoms with Crippen LogP contribution in [-0.4, -0.2) is 44.3 Å². The predicted octanol–water partition coefficient (Wildman–Crippen LogP) is 3.22. The van der Waals surface area contributed by atoms with Crippen molar-refractivity contribution in [1.29, 1.82) is 0 Å². The fourth-order valence-electron chi connectivity index (χ4n) is 3.47. The van der Waals surface area contributed by atoms with Crippen molar-refractivity contribution >= 4 is 23.1 Å². The molecular formula is C18H17F3N6O. The molecule has 10 heteroatoms. The highest BCUT2D eigenvalue weighted by atomic mass is 19.4. The van der Waals surface area contributed by atoms with Crippen molar-refractivity contribution in [1.82, 2.24) is 19.6 Å². The molecule has 0 aliphatic carbocycles. The topological polar surface area (TPSA) is 75.4 Å². The Balaban J connectivity index is 1.71. The molecule has 0 bridgehead atoms. The fraction of sp³-hybridized carbons (Fsp3) is 0.333. The zero-order valence-corrected chi connectivity index (χ0v) is 14.9. The molecule has 1 atom stereocenters. The smallest absolute Gasteiger partial charge is 0.344 e. The van der Waals surface area contributed by atoms with Gasteiger partial charge in [-0.2, -0.15) is 18.3 Å². The number of hydrogen-bond donors (Lipinski definition) is 1. The van der Waals surface area contributed by atoms with Gasteiger partial charge in [0.15, 0.2) is 5.65 Å². The average Bonchev–Trinajstić information content (AvgIpc) is 3.25. The van der Waals surface area contributed by atoms with Crippen LogP contribution in [0.4, 0.5) is 24.7 Å². The molecule has 3 aromatic heterocycles. The number of aryl methyl sites for hydroxylation is 1. The van der Waals surface area contributed by atoms with Gasteiger partial charge in [-0.1, -0.05) is 0 Å². The highest BCUT2D eigenvalue weighted by Crippen LogP contribution is 2.35. The zero-order chi connectivity index (χ0) is 19.9. The van der Waals surface area contributed by atoms with E-state index < -0.39 is 18.1 Å². The number of nitrogens with zero attached hydrogens (tertiary/aromatic N) is 5. The van der Waals surface area contributed by atoms with Gasteiger partial charge in [-0.15, -0.1) is 0 Å². The number of anilines is 2. The number of nitrogens with one attached hydrogen (secondary N) is 1. The molecular weight excluding hydrogens is 373 g/mol. The predicted molar refractivity (Wildman–Crippen MR) is 96.3 cm³/mol. The summed E-state index contributed by atoms with van der Waals surface area (Å²) in [5.74, 6) is -0.262. The van der Waals surface area contributed by atoms with Crippen LogP contribution in [0, 0.1) is 6.92 Å². The Bertz CT molecular complexity index is 1020. The molecule has 1 aliphatic rings. The zero-order valence-electron chi connectivity index (χ0n) is 14.9. The number of alkyl halides is 3. The molecule has 3 aromatic rings. The molecule has 1 amide bonds. The summed E-state index contributed by atoms with van der Waals surface area (Å²) in [4.78, 5) is 22.3. The van der Waals surface area contributed by atoms with Gasteiger partial charge in [0, 0.05) is 18.9 Å². The third-order valence-electron chi connectivity index (χ3n) is 4.72. The molecule has 0 saturated carbocycles. The van der Waals surface area contributed by atoms with E-state index in [0.29, 0.717) is 17.8 Å². The minimum absolute atomic E-state index is 0.0308. The van der Waals surface area contributed by atoms with Gasteiger partial charge in [0.1, 0.15) is 17.4 Å². The van der Waals surface area contributed by atoms with Crippen molar-refractivity contribution < 1.29 is 18.0 Å². The first-order valence-electron chi connectivity index (χ1n) is 8.75. The summed E-state index contributed by atoms with van der Waals surface area (Å²) in [7, 11) is 0.